The van der Waals surface area contributed by atoms with Gasteiger partial charge in [0.25, 0.3) is 0 Å². The predicted octanol–water partition coefficient (Wildman–Crippen LogP) is 3.92. The van der Waals surface area contributed by atoms with Gasteiger partial charge in [-0.3, -0.25) is 0 Å². The summed E-state index contributed by atoms with van der Waals surface area (Å²) >= 11 is 2.31. The minimum Gasteiger partial charge on any atom is -0.508 e. The molecule has 2 rings (SSSR count). The quantitative estimate of drug-likeness (QED) is 0.831. The fraction of sp³-hybridized carbons (Fsp3) is 0.143. The largest absolute Gasteiger partial charge is 0.508 e. The molecule has 2 aromatic rings. The van der Waals surface area contributed by atoms with Crippen LogP contribution in [0.15, 0.2) is 42.5 Å². The topological polar surface area (TPSA) is 32.3 Å². The van der Waals surface area contributed by atoms with Gasteiger partial charge in [0, 0.05) is 15.8 Å². The molecule has 0 aliphatic carbocycles. The molecule has 0 saturated heterocycles. The second-order valence-corrected chi connectivity index (χ2v) is 5.23. The highest BCUT2D eigenvalue weighted by molar-refractivity contribution is 14.1. The highest BCUT2D eigenvalue weighted by Crippen LogP contribution is 2.19. The van der Waals surface area contributed by atoms with Crippen molar-refractivity contribution >= 4 is 28.3 Å². The Morgan fingerprint density at radius 3 is 2.71 bits per heavy atom. The van der Waals surface area contributed by atoms with Crippen LogP contribution in [0.25, 0.3) is 0 Å². The predicted molar refractivity (Wildman–Crippen MR) is 79.3 cm³/mol. The number of nitrogens with one attached hydrogen (secondary N) is 1. The van der Waals surface area contributed by atoms with Crippen molar-refractivity contribution in [2.75, 3.05) is 5.32 Å². The number of benzene rings is 2. The Hall–Kier alpha value is -1.23. The van der Waals surface area contributed by atoms with E-state index >= 15 is 0 Å². The first-order valence-corrected chi connectivity index (χ1v) is 6.51. The van der Waals surface area contributed by atoms with E-state index in [0.717, 1.165) is 17.8 Å². The molecule has 2 N–H and O–H groups in total. The summed E-state index contributed by atoms with van der Waals surface area (Å²) in [6, 6.07) is 13.6. The maximum Gasteiger partial charge on any atom is 0.115 e. The van der Waals surface area contributed by atoms with E-state index in [1.807, 2.05) is 12.1 Å². The molecule has 0 unspecified atom stereocenters. The molecule has 0 bridgehead atoms. The molecular weight excluding hydrogens is 325 g/mol. The van der Waals surface area contributed by atoms with Crippen molar-refractivity contribution in [3.05, 3.63) is 57.2 Å². The van der Waals surface area contributed by atoms with Gasteiger partial charge in [-0.2, -0.15) is 0 Å². The van der Waals surface area contributed by atoms with Crippen molar-refractivity contribution in [3.8, 4) is 5.75 Å². The number of phenolic OH excluding ortho intramolecular Hbond substituents is 1. The molecular formula is C14H14INO. The number of anilines is 1. The van der Waals surface area contributed by atoms with Crippen molar-refractivity contribution in [2.45, 2.75) is 13.5 Å². The molecule has 0 radical (unpaired) electrons. The molecule has 0 aliphatic heterocycles. The first-order valence-electron chi connectivity index (χ1n) is 5.43. The number of aromatic hydroxyl groups is 1. The molecule has 2 aromatic carbocycles. The normalized spacial score (nSPS) is 10.2. The Kier molecular flexibility index (Phi) is 3.89. The number of hydrogen-bond donors (Lipinski definition) is 2. The van der Waals surface area contributed by atoms with Gasteiger partial charge in [0.15, 0.2) is 0 Å². The zero-order valence-electron chi connectivity index (χ0n) is 9.57. The van der Waals surface area contributed by atoms with Crippen molar-refractivity contribution in [1.29, 1.82) is 0 Å². The van der Waals surface area contributed by atoms with Crippen LogP contribution < -0.4 is 5.32 Å². The molecule has 88 valence electrons. The molecule has 0 aliphatic rings. The van der Waals surface area contributed by atoms with Crippen LogP contribution in [0, 0.1) is 10.5 Å². The number of phenols is 1. The standard InChI is InChI=1S/C14H14INO/c1-10-7-12(15)5-6-14(10)16-9-11-3-2-4-13(17)8-11/h2-8,16-17H,9H2,1H3. The van der Waals surface area contributed by atoms with E-state index in [2.05, 4.69) is 53.0 Å². The number of hydrogen-bond acceptors (Lipinski definition) is 2. The Morgan fingerprint density at radius 2 is 2.00 bits per heavy atom. The van der Waals surface area contributed by atoms with Crippen LogP contribution in [0.1, 0.15) is 11.1 Å². The molecule has 0 heterocycles. The average molecular weight is 339 g/mol. The van der Waals surface area contributed by atoms with Crippen LogP contribution in [0.2, 0.25) is 0 Å². The summed E-state index contributed by atoms with van der Waals surface area (Å²) in [6.07, 6.45) is 0. The average Bonchev–Trinajstić information content (AvgIpc) is 2.28. The van der Waals surface area contributed by atoms with Crippen LogP contribution in [-0.2, 0) is 6.54 Å². The van der Waals surface area contributed by atoms with E-state index in [9.17, 15) is 5.11 Å². The maximum absolute atomic E-state index is 9.37. The molecule has 17 heavy (non-hydrogen) atoms. The Balaban J connectivity index is 2.07. The Labute approximate surface area is 115 Å². The zero-order valence-corrected chi connectivity index (χ0v) is 11.7. The number of halogens is 1. The van der Waals surface area contributed by atoms with Gasteiger partial charge >= 0.3 is 0 Å². The van der Waals surface area contributed by atoms with Crippen molar-refractivity contribution in [2.24, 2.45) is 0 Å². The maximum atomic E-state index is 9.37. The van der Waals surface area contributed by atoms with E-state index < -0.39 is 0 Å². The Bertz CT molecular complexity index is 525. The number of rotatable bonds is 3. The highest BCUT2D eigenvalue weighted by Gasteiger charge is 1.99. The van der Waals surface area contributed by atoms with Gasteiger partial charge in [0.1, 0.15) is 5.75 Å². The molecule has 0 spiro atoms. The van der Waals surface area contributed by atoms with Crippen molar-refractivity contribution < 1.29 is 5.11 Å². The van der Waals surface area contributed by atoms with E-state index in [1.165, 1.54) is 9.13 Å². The van der Waals surface area contributed by atoms with Crippen LogP contribution >= 0.6 is 22.6 Å². The highest BCUT2D eigenvalue weighted by atomic mass is 127. The molecule has 2 nitrogen and oxygen atoms in total. The van der Waals surface area contributed by atoms with E-state index in [-0.39, 0.29) is 0 Å². The third-order valence-corrected chi connectivity index (χ3v) is 3.25. The van der Waals surface area contributed by atoms with Gasteiger partial charge in [-0.25, -0.2) is 0 Å². The van der Waals surface area contributed by atoms with Crippen molar-refractivity contribution in [3.63, 3.8) is 0 Å². The zero-order chi connectivity index (χ0) is 12.3. The first kappa shape index (κ1) is 12.2. The van der Waals surface area contributed by atoms with Gasteiger partial charge in [0.05, 0.1) is 0 Å². The summed E-state index contributed by atoms with van der Waals surface area (Å²) < 4.78 is 1.24. The van der Waals surface area contributed by atoms with Gasteiger partial charge in [0.2, 0.25) is 0 Å². The lowest BCUT2D eigenvalue weighted by atomic mass is 10.1. The molecule has 0 atom stereocenters. The second kappa shape index (κ2) is 5.40. The summed E-state index contributed by atoms with van der Waals surface area (Å²) in [4.78, 5) is 0. The monoisotopic (exact) mass is 339 g/mol. The minimum atomic E-state index is 0.309. The first-order chi connectivity index (χ1) is 8.15. The van der Waals surface area contributed by atoms with E-state index in [1.54, 1.807) is 12.1 Å². The van der Waals surface area contributed by atoms with Gasteiger partial charge in [-0.05, 0) is 71.0 Å². The van der Waals surface area contributed by atoms with Crippen LogP contribution in [-0.4, -0.2) is 5.11 Å². The smallest absolute Gasteiger partial charge is 0.115 e. The second-order valence-electron chi connectivity index (χ2n) is 3.98. The summed E-state index contributed by atoms with van der Waals surface area (Å²) in [7, 11) is 0. The third-order valence-electron chi connectivity index (χ3n) is 2.58. The lowest BCUT2D eigenvalue weighted by Gasteiger charge is -2.10. The van der Waals surface area contributed by atoms with E-state index in [0.29, 0.717) is 5.75 Å². The number of aryl methyl sites for hydroxylation is 1. The summed E-state index contributed by atoms with van der Waals surface area (Å²) in [5, 5.41) is 12.7. The summed E-state index contributed by atoms with van der Waals surface area (Å²) in [5.74, 6) is 0.309. The molecule has 0 saturated carbocycles. The molecule has 3 heteroatoms. The SMILES string of the molecule is Cc1cc(I)ccc1NCc1cccc(O)c1. The third kappa shape index (κ3) is 3.36. The Morgan fingerprint density at radius 1 is 1.18 bits per heavy atom. The molecule has 0 amide bonds. The van der Waals surface area contributed by atoms with Crippen molar-refractivity contribution in [1.82, 2.24) is 0 Å². The fourth-order valence-electron chi connectivity index (χ4n) is 1.69. The molecule has 0 fully saturated rings. The van der Waals surface area contributed by atoms with Gasteiger partial charge in [-0.1, -0.05) is 12.1 Å². The summed E-state index contributed by atoms with van der Waals surface area (Å²) in [5.41, 5.74) is 3.44. The van der Waals surface area contributed by atoms with Gasteiger partial charge in [-0.15, -0.1) is 0 Å². The lowest BCUT2D eigenvalue weighted by molar-refractivity contribution is 0.474. The van der Waals surface area contributed by atoms with Crippen LogP contribution in [0.4, 0.5) is 5.69 Å². The van der Waals surface area contributed by atoms with E-state index in [4.69, 9.17) is 0 Å². The van der Waals surface area contributed by atoms with Crippen LogP contribution in [0.3, 0.4) is 0 Å². The lowest BCUT2D eigenvalue weighted by Crippen LogP contribution is -2.00. The fourth-order valence-corrected chi connectivity index (χ4v) is 2.34. The summed E-state index contributed by atoms with van der Waals surface area (Å²) in [6.45, 7) is 2.81. The van der Waals surface area contributed by atoms with Gasteiger partial charge < -0.3 is 10.4 Å². The van der Waals surface area contributed by atoms with Crippen LogP contribution in [0.5, 0.6) is 5.75 Å². The minimum absolute atomic E-state index is 0.309. The molecule has 0 aromatic heterocycles.